The van der Waals surface area contributed by atoms with Gasteiger partial charge < -0.3 is 28.7 Å². The smallest absolute Gasteiger partial charge is 0.264 e. The molecule has 0 saturated heterocycles. The maximum absolute atomic E-state index is 6.36. The van der Waals surface area contributed by atoms with Crippen LogP contribution in [0.3, 0.4) is 0 Å². The summed E-state index contributed by atoms with van der Waals surface area (Å²) in [5, 5.41) is 1.30. The van der Waals surface area contributed by atoms with E-state index in [1.165, 1.54) is 76.4 Å². The first-order valence-corrected chi connectivity index (χ1v) is 21.3. The largest absolute Gasteiger partial charge is 0.486 e. The Labute approximate surface area is 341 Å². The number of fused-ring (bicyclic) bond motifs is 8. The monoisotopic (exact) mass is 774 g/mol. The summed E-state index contributed by atoms with van der Waals surface area (Å²) in [5.74, 6) is 3.41. The molecule has 8 heteroatoms. The molecule has 5 heterocycles. The first kappa shape index (κ1) is 36.3. The standard InChI is InChI=1S/C49H51BN2O4S/c1-27(2)30-21-37-44-38(22-30)52(45-28(3)19-32(20-29(45)4)49(8,9)10)46-34-23-31(48(5,6)7)11-14-43(34)57-47(46)50(44)35-25-41-42(56-18-17-55-41)26-36(35)51(37)33-12-13-39-40(24-33)54-16-15-53-39/h11-14,19-27H,15-18H2,1-10H3. The Morgan fingerprint density at radius 1 is 0.596 bits per heavy atom. The average molecular weight is 775 g/mol. The quantitative estimate of drug-likeness (QED) is 0.167. The predicted molar refractivity (Wildman–Crippen MR) is 239 cm³/mol. The summed E-state index contributed by atoms with van der Waals surface area (Å²) in [6.45, 7) is 25.2. The van der Waals surface area contributed by atoms with Crippen LogP contribution in [0.2, 0.25) is 0 Å². The molecule has 5 aromatic carbocycles. The third-order valence-electron chi connectivity index (χ3n) is 12.2. The summed E-state index contributed by atoms with van der Waals surface area (Å²) < 4.78 is 27.5. The number of rotatable bonds is 3. The van der Waals surface area contributed by atoms with Gasteiger partial charge in [0, 0.05) is 44.1 Å². The number of hydrogen-bond acceptors (Lipinski definition) is 7. The van der Waals surface area contributed by atoms with Crippen LogP contribution in [0.4, 0.5) is 34.1 Å². The number of benzene rings is 5. The minimum atomic E-state index is -0.0355. The third-order valence-corrected chi connectivity index (χ3v) is 13.5. The Morgan fingerprint density at radius 3 is 1.82 bits per heavy atom. The maximum Gasteiger partial charge on any atom is 0.264 e. The predicted octanol–water partition coefficient (Wildman–Crippen LogP) is 10.9. The van der Waals surface area contributed by atoms with Crippen LogP contribution in [0.5, 0.6) is 23.0 Å². The first-order chi connectivity index (χ1) is 27.2. The highest BCUT2D eigenvalue weighted by Crippen LogP contribution is 2.52. The van der Waals surface area contributed by atoms with Crippen molar-refractivity contribution in [1.82, 2.24) is 0 Å². The van der Waals surface area contributed by atoms with E-state index in [1.54, 1.807) is 0 Å². The van der Waals surface area contributed by atoms with Gasteiger partial charge in [0.15, 0.2) is 23.0 Å². The van der Waals surface area contributed by atoms with Gasteiger partial charge in [-0.3, -0.25) is 0 Å². The van der Waals surface area contributed by atoms with E-state index in [-0.39, 0.29) is 23.5 Å². The Balaban J connectivity index is 1.34. The number of hydrogen-bond donors (Lipinski definition) is 0. The van der Waals surface area contributed by atoms with E-state index in [0.29, 0.717) is 26.4 Å². The van der Waals surface area contributed by atoms with E-state index >= 15 is 0 Å². The molecule has 6 aromatic rings. The molecule has 57 heavy (non-hydrogen) atoms. The van der Waals surface area contributed by atoms with Crippen molar-refractivity contribution in [1.29, 1.82) is 0 Å². The van der Waals surface area contributed by atoms with Gasteiger partial charge in [-0.25, -0.2) is 0 Å². The van der Waals surface area contributed by atoms with Crippen molar-refractivity contribution in [3.63, 3.8) is 0 Å². The van der Waals surface area contributed by atoms with Gasteiger partial charge in [-0.15, -0.1) is 11.3 Å². The number of ether oxygens (including phenoxy) is 4. The minimum Gasteiger partial charge on any atom is -0.486 e. The lowest BCUT2D eigenvalue weighted by atomic mass is 9.36. The fourth-order valence-electron chi connectivity index (χ4n) is 9.26. The van der Waals surface area contributed by atoms with Crippen LogP contribution in [-0.4, -0.2) is 33.1 Å². The summed E-state index contributed by atoms with van der Waals surface area (Å²) in [5.41, 5.74) is 16.1. The molecule has 0 spiro atoms. The molecule has 4 aliphatic heterocycles. The molecular formula is C49H51BN2O4S. The maximum atomic E-state index is 6.36. The topological polar surface area (TPSA) is 43.4 Å². The highest BCUT2D eigenvalue weighted by atomic mass is 32.1. The lowest BCUT2D eigenvalue weighted by Crippen LogP contribution is -2.60. The molecule has 0 radical (unpaired) electrons. The molecule has 0 N–H and O–H groups in total. The summed E-state index contributed by atoms with van der Waals surface area (Å²) in [6.07, 6.45) is 0. The molecule has 0 bridgehead atoms. The van der Waals surface area contributed by atoms with Gasteiger partial charge in [0.1, 0.15) is 26.4 Å². The Morgan fingerprint density at radius 2 is 1.19 bits per heavy atom. The second-order valence-electron chi connectivity index (χ2n) is 18.6. The second kappa shape index (κ2) is 12.7. The zero-order valence-corrected chi connectivity index (χ0v) is 35.7. The molecule has 10 rings (SSSR count). The van der Waals surface area contributed by atoms with E-state index in [2.05, 4.69) is 152 Å². The molecule has 1 aromatic heterocycles. The third kappa shape index (κ3) is 5.65. The van der Waals surface area contributed by atoms with Gasteiger partial charge in [0.2, 0.25) is 0 Å². The van der Waals surface area contributed by atoms with Crippen molar-refractivity contribution in [2.75, 3.05) is 36.2 Å². The van der Waals surface area contributed by atoms with E-state index in [0.717, 1.165) is 34.4 Å². The van der Waals surface area contributed by atoms with Crippen LogP contribution >= 0.6 is 11.3 Å². The van der Waals surface area contributed by atoms with Crippen LogP contribution in [0.1, 0.15) is 89.1 Å². The zero-order valence-electron chi connectivity index (χ0n) is 34.8. The Kier molecular flexibility index (Phi) is 8.09. The summed E-state index contributed by atoms with van der Waals surface area (Å²) in [6, 6.07) is 27.8. The van der Waals surface area contributed by atoms with Gasteiger partial charge in [-0.05, 0) is 112 Å². The second-order valence-corrected chi connectivity index (χ2v) is 19.7. The first-order valence-electron chi connectivity index (χ1n) is 20.5. The summed E-state index contributed by atoms with van der Waals surface area (Å²) >= 11 is 1.93. The van der Waals surface area contributed by atoms with Crippen molar-refractivity contribution in [3.8, 4) is 23.0 Å². The van der Waals surface area contributed by atoms with E-state index in [9.17, 15) is 0 Å². The molecule has 0 aliphatic carbocycles. The normalized spacial score (nSPS) is 15.5. The highest BCUT2D eigenvalue weighted by molar-refractivity contribution is 7.33. The van der Waals surface area contributed by atoms with Crippen LogP contribution in [0.25, 0.3) is 10.1 Å². The average Bonchev–Trinajstić information content (AvgIpc) is 3.55. The van der Waals surface area contributed by atoms with Crippen LogP contribution < -0.4 is 44.4 Å². The van der Waals surface area contributed by atoms with E-state index < -0.39 is 0 Å². The van der Waals surface area contributed by atoms with Gasteiger partial charge in [-0.1, -0.05) is 73.6 Å². The zero-order chi connectivity index (χ0) is 39.7. The summed E-state index contributed by atoms with van der Waals surface area (Å²) in [7, 11) is 0. The number of anilines is 6. The van der Waals surface area contributed by atoms with E-state index in [1.807, 2.05) is 11.3 Å². The SMILES string of the molecule is Cc1cc(C(C)(C)C)cc(C)c1N1c2cc(C(C)C)cc3c2B(c2cc4c(cc2N3c2ccc3c(c2)OCCO3)OCCO4)c2sc3ccc(C(C)(C)C)cc3c21. The van der Waals surface area contributed by atoms with Crippen molar-refractivity contribution in [2.24, 2.45) is 0 Å². The molecule has 6 nitrogen and oxygen atoms in total. The Hall–Kier alpha value is -5.08. The van der Waals surface area contributed by atoms with Crippen LogP contribution in [0.15, 0.2) is 72.8 Å². The molecule has 290 valence electrons. The van der Waals surface area contributed by atoms with Crippen molar-refractivity contribution in [3.05, 3.63) is 101 Å². The number of aryl methyl sites for hydroxylation is 2. The molecule has 0 amide bonds. The molecule has 4 aliphatic rings. The van der Waals surface area contributed by atoms with Gasteiger partial charge in [-0.2, -0.15) is 0 Å². The number of nitrogens with zero attached hydrogens (tertiary/aromatic N) is 2. The minimum absolute atomic E-state index is 0.00341. The molecule has 0 saturated carbocycles. The fourth-order valence-corrected chi connectivity index (χ4v) is 10.6. The summed E-state index contributed by atoms with van der Waals surface area (Å²) in [4.78, 5) is 5.08. The van der Waals surface area contributed by atoms with Gasteiger partial charge in [0.05, 0.1) is 17.1 Å². The van der Waals surface area contributed by atoms with Crippen molar-refractivity contribution >= 4 is 78.0 Å². The van der Waals surface area contributed by atoms with Crippen LogP contribution in [-0.2, 0) is 10.8 Å². The lowest BCUT2D eigenvalue weighted by molar-refractivity contribution is 0.171. The number of thiophene rings is 1. The lowest BCUT2D eigenvalue weighted by Gasteiger charge is -2.44. The highest BCUT2D eigenvalue weighted by Gasteiger charge is 2.47. The van der Waals surface area contributed by atoms with Crippen LogP contribution in [0, 0.1) is 13.8 Å². The van der Waals surface area contributed by atoms with Crippen molar-refractivity contribution < 1.29 is 18.9 Å². The molecular weight excluding hydrogens is 723 g/mol. The van der Waals surface area contributed by atoms with Gasteiger partial charge >= 0.3 is 0 Å². The molecule has 0 unspecified atom stereocenters. The molecule has 0 fully saturated rings. The Bertz CT molecular complexity index is 2620. The van der Waals surface area contributed by atoms with Gasteiger partial charge in [0.25, 0.3) is 6.71 Å². The van der Waals surface area contributed by atoms with E-state index in [4.69, 9.17) is 18.9 Å². The molecule has 0 atom stereocenters. The van der Waals surface area contributed by atoms with Crippen molar-refractivity contribution in [2.45, 2.75) is 86.0 Å². The fraction of sp³-hybridized carbons (Fsp3) is 0.347.